The van der Waals surface area contributed by atoms with E-state index in [0.29, 0.717) is 24.6 Å². The second kappa shape index (κ2) is 9.59. The molecule has 4 aromatic rings. The summed E-state index contributed by atoms with van der Waals surface area (Å²) in [6, 6.07) is 19.5. The van der Waals surface area contributed by atoms with Crippen molar-refractivity contribution < 1.29 is 9.53 Å². The molecule has 6 nitrogen and oxygen atoms in total. The highest BCUT2D eigenvalue weighted by Crippen LogP contribution is 2.28. The summed E-state index contributed by atoms with van der Waals surface area (Å²) in [7, 11) is 3.51. The third-order valence-electron chi connectivity index (χ3n) is 6.23. The van der Waals surface area contributed by atoms with Gasteiger partial charge >= 0.3 is 5.69 Å². The number of ether oxygens (including phenoxy) is 1. The molecule has 176 valence electrons. The van der Waals surface area contributed by atoms with Gasteiger partial charge in [-0.1, -0.05) is 50.2 Å². The average Bonchev–Trinajstić information content (AvgIpc) is 3.04. The van der Waals surface area contributed by atoms with E-state index in [-0.39, 0.29) is 11.6 Å². The fraction of sp³-hybridized carbons (Fsp3) is 0.286. The number of hydrogen-bond acceptors (Lipinski definition) is 3. The molecule has 0 aliphatic carbocycles. The average molecular weight is 458 g/mol. The number of benzene rings is 3. The van der Waals surface area contributed by atoms with E-state index in [1.165, 1.54) is 0 Å². The first-order chi connectivity index (χ1) is 16.3. The summed E-state index contributed by atoms with van der Waals surface area (Å²) >= 11 is 0. The number of nitrogens with zero attached hydrogens (tertiary/aromatic N) is 2. The highest BCUT2D eigenvalue weighted by molar-refractivity contribution is 5.95. The van der Waals surface area contributed by atoms with E-state index in [1.54, 1.807) is 23.2 Å². The van der Waals surface area contributed by atoms with E-state index in [9.17, 15) is 9.59 Å². The van der Waals surface area contributed by atoms with Crippen LogP contribution in [0.1, 0.15) is 52.4 Å². The van der Waals surface area contributed by atoms with E-state index in [2.05, 4.69) is 31.3 Å². The Balaban J connectivity index is 1.49. The van der Waals surface area contributed by atoms with Crippen molar-refractivity contribution in [2.24, 2.45) is 14.1 Å². The van der Waals surface area contributed by atoms with Crippen molar-refractivity contribution in [3.8, 4) is 5.75 Å². The minimum atomic E-state index is -0.158. The van der Waals surface area contributed by atoms with Crippen LogP contribution in [0.15, 0.2) is 65.5 Å². The summed E-state index contributed by atoms with van der Waals surface area (Å²) in [5, 5.41) is 3.01. The molecule has 1 heterocycles. The SMILES string of the molecule is Cc1ccc(C(C)C)c(OCc2ccccc2C(=O)NCc2ccc3c(c2)n(C)c(=O)n3C)c1. The molecule has 4 rings (SSSR count). The molecule has 0 bridgehead atoms. The monoisotopic (exact) mass is 457 g/mol. The van der Waals surface area contributed by atoms with Crippen LogP contribution in [0.25, 0.3) is 11.0 Å². The fourth-order valence-corrected chi connectivity index (χ4v) is 4.21. The number of fused-ring (bicyclic) bond motifs is 1. The molecule has 0 saturated heterocycles. The summed E-state index contributed by atoms with van der Waals surface area (Å²) in [6.07, 6.45) is 0. The first-order valence-corrected chi connectivity index (χ1v) is 11.5. The van der Waals surface area contributed by atoms with E-state index < -0.39 is 0 Å². The van der Waals surface area contributed by atoms with Crippen molar-refractivity contribution in [2.45, 2.75) is 39.8 Å². The molecular weight excluding hydrogens is 426 g/mol. The summed E-state index contributed by atoms with van der Waals surface area (Å²) < 4.78 is 9.41. The standard InChI is InChI=1S/C28H31N3O3/c1-18(2)22-12-10-19(3)14-26(22)34-17-21-8-6-7-9-23(21)27(32)29-16-20-11-13-24-25(15-20)31(5)28(33)30(24)4/h6-15,18H,16-17H2,1-5H3,(H,29,32). The molecule has 34 heavy (non-hydrogen) atoms. The molecule has 1 aromatic heterocycles. The second-order valence-electron chi connectivity index (χ2n) is 9.05. The van der Waals surface area contributed by atoms with Gasteiger partial charge in [-0.3, -0.25) is 13.9 Å². The summed E-state index contributed by atoms with van der Waals surface area (Å²) in [5.41, 5.74) is 6.27. The number of carbonyl (C=O) groups is 1. The van der Waals surface area contributed by atoms with Crippen LogP contribution >= 0.6 is 0 Å². The normalized spacial score (nSPS) is 11.2. The van der Waals surface area contributed by atoms with Gasteiger partial charge in [0.25, 0.3) is 5.91 Å². The molecule has 1 N–H and O–H groups in total. The van der Waals surface area contributed by atoms with Gasteiger partial charge in [0.05, 0.1) is 11.0 Å². The maximum absolute atomic E-state index is 13.0. The number of amides is 1. The van der Waals surface area contributed by atoms with Crippen LogP contribution in [-0.2, 0) is 27.2 Å². The zero-order chi connectivity index (χ0) is 24.4. The van der Waals surface area contributed by atoms with Gasteiger partial charge in [-0.25, -0.2) is 4.79 Å². The largest absolute Gasteiger partial charge is 0.489 e. The molecule has 0 radical (unpaired) electrons. The molecule has 0 atom stereocenters. The Kier molecular flexibility index (Phi) is 6.59. The van der Waals surface area contributed by atoms with Crippen LogP contribution in [0.3, 0.4) is 0 Å². The van der Waals surface area contributed by atoms with Crippen molar-refractivity contribution >= 4 is 16.9 Å². The quantitative estimate of drug-likeness (QED) is 0.433. The lowest BCUT2D eigenvalue weighted by atomic mass is 10.0. The van der Waals surface area contributed by atoms with Gasteiger partial charge in [-0.2, -0.15) is 0 Å². The number of aryl methyl sites for hydroxylation is 3. The Labute approximate surface area is 199 Å². The summed E-state index contributed by atoms with van der Waals surface area (Å²) in [5.74, 6) is 1.04. The lowest BCUT2D eigenvalue weighted by molar-refractivity contribution is 0.0948. The number of rotatable bonds is 7. The smallest absolute Gasteiger partial charge is 0.328 e. The predicted octanol–water partition coefficient (Wildman–Crippen LogP) is 4.82. The van der Waals surface area contributed by atoms with E-state index >= 15 is 0 Å². The summed E-state index contributed by atoms with van der Waals surface area (Å²) in [6.45, 7) is 7.00. The Bertz CT molecular complexity index is 1410. The fourth-order valence-electron chi connectivity index (χ4n) is 4.21. The predicted molar refractivity (Wildman–Crippen MR) is 135 cm³/mol. The Hall–Kier alpha value is -3.80. The molecule has 0 aliphatic rings. The van der Waals surface area contributed by atoms with Gasteiger partial charge in [0, 0.05) is 31.8 Å². The van der Waals surface area contributed by atoms with Crippen LogP contribution in [0.4, 0.5) is 0 Å². The Morgan fingerprint density at radius 1 is 0.971 bits per heavy atom. The maximum atomic E-state index is 13.0. The number of nitrogens with one attached hydrogen (secondary N) is 1. The van der Waals surface area contributed by atoms with Gasteiger partial charge in [0.1, 0.15) is 12.4 Å². The van der Waals surface area contributed by atoms with Gasteiger partial charge in [-0.05, 0) is 53.8 Å². The van der Waals surface area contributed by atoms with Gasteiger partial charge < -0.3 is 10.1 Å². The minimum absolute atomic E-state index is 0.0700. The molecule has 0 fully saturated rings. The first-order valence-electron chi connectivity index (χ1n) is 11.5. The molecule has 1 amide bonds. The molecule has 6 heteroatoms. The highest BCUT2D eigenvalue weighted by Gasteiger charge is 2.14. The van der Waals surface area contributed by atoms with Crippen molar-refractivity contribution in [3.05, 3.63) is 99.0 Å². The van der Waals surface area contributed by atoms with Gasteiger partial charge in [0.15, 0.2) is 0 Å². The summed E-state index contributed by atoms with van der Waals surface area (Å²) in [4.78, 5) is 25.2. The molecular formula is C28H31N3O3. The molecule has 0 unspecified atom stereocenters. The van der Waals surface area contributed by atoms with Crippen molar-refractivity contribution in [1.82, 2.24) is 14.5 Å². The number of imidazole rings is 1. The Morgan fingerprint density at radius 3 is 2.47 bits per heavy atom. The highest BCUT2D eigenvalue weighted by atomic mass is 16.5. The van der Waals surface area contributed by atoms with Crippen LogP contribution < -0.4 is 15.7 Å². The van der Waals surface area contributed by atoms with Crippen molar-refractivity contribution in [2.75, 3.05) is 0 Å². The minimum Gasteiger partial charge on any atom is -0.489 e. The van der Waals surface area contributed by atoms with Gasteiger partial charge in [-0.15, -0.1) is 0 Å². The van der Waals surface area contributed by atoms with Crippen LogP contribution in [0.2, 0.25) is 0 Å². The maximum Gasteiger partial charge on any atom is 0.328 e. The van der Waals surface area contributed by atoms with Crippen molar-refractivity contribution in [3.63, 3.8) is 0 Å². The topological polar surface area (TPSA) is 65.3 Å². The Morgan fingerprint density at radius 2 is 1.71 bits per heavy atom. The van der Waals surface area contributed by atoms with Gasteiger partial charge in [0.2, 0.25) is 0 Å². The van der Waals surface area contributed by atoms with Crippen LogP contribution in [0, 0.1) is 6.92 Å². The molecule has 0 spiro atoms. The number of aromatic nitrogens is 2. The second-order valence-corrected chi connectivity index (χ2v) is 9.05. The lowest BCUT2D eigenvalue weighted by Gasteiger charge is -2.16. The number of hydrogen-bond donors (Lipinski definition) is 1. The van der Waals surface area contributed by atoms with Crippen LogP contribution in [0.5, 0.6) is 5.75 Å². The number of carbonyl (C=O) groups excluding carboxylic acids is 1. The van der Waals surface area contributed by atoms with Crippen LogP contribution in [-0.4, -0.2) is 15.0 Å². The third-order valence-corrected chi connectivity index (χ3v) is 6.23. The first kappa shape index (κ1) is 23.4. The van der Waals surface area contributed by atoms with Crippen molar-refractivity contribution in [1.29, 1.82) is 0 Å². The zero-order valence-electron chi connectivity index (χ0n) is 20.4. The molecule has 3 aromatic carbocycles. The van der Waals surface area contributed by atoms with E-state index in [4.69, 9.17) is 4.74 Å². The molecule has 0 saturated carbocycles. The van der Waals surface area contributed by atoms with E-state index in [0.717, 1.165) is 39.0 Å². The lowest BCUT2D eigenvalue weighted by Crippen LogP contribution is -2.24. The zero-order valence-corrected chi connectivity index (χ0v) is 20.4. The third kappa shape index (κ3) is 4.62. The molecule has 0 aliphatic heterocycles. The van der Waals surface area contributed by atoms with E-state index in [1.807, 2.05) is 55.5 Å².